The maximum Gasteiger partial charge on any atom is 0.250 e. The van der Waals surface area contributed by atoms with Gasteiger partial charge in [0.1, 0.15) is 0 Å². The summed E-state index contributed by atoms with van der Waals surface area (Å²) in [5, 5.41) is 2.81. The Hall–Kier alpha value is -1.62. The Bertz CT molecular complexity index is 454. The fourth-order valence-electron chi connectivity index (χ4n) is 1.67. The van der Waals surface area contributed by atoms with Gasteiger partial charge in [-0.05, 0) is 32.4 Å². The molecule has 0 aliphatic carbocycles. The molecule has 1 aromatic rings. The van der Waals surface area contributed by atoms with E-state index >= 15 is 0 Å². The molecule has 0 aromatic carbocycles. The Morgan fingerprint density at radius 1 is 1.50 bits per heavy atom. The average Bonchev–Trinajstić information content (AvgIpc) is 2.37. The number of nitrogens with zero attached hydrogens (tertiary/aromatic N) is 1. The van der Waals surface area contributed by atoms with Crippen LogP contribution in [0.2, 0.25) is 0 Å². The van der Waals surface area contributed by atoms with Crippen LogP contribution in [0.5, 0.6) is 0 Å². The molecule has 1 aromatic heterocycles. The highest BCUT2D eigenvalue weighted by Gasteiger charge is 2.12. The first kappa shape index (κ1) is 14.4. The van der Waals surface area contributed by atoms with Crippen LogP contribution >= 0.6 is 0 Å². The molecular weight excluding hydrogens is 230 g/mol. The van der Waals surface area contributed by atoms with Crippen LogP contribution < -0.4 is 16.6 Å². The average molecular weight is 251 g/mol. The highest BCUT2D eigenvalue weighted by Crippen LogP contribution is 2.10. The van der Waals surface area contributed by atoms with E-state index in [1.54, 1.807) is 16.8 Å². The second kappa shape index (κ2) is 6.96. The van der Waals surface area contributed by atoms with E-state index in [4.69, 9.17) is 5.73 Å². The van der Waals surface area contributed by atoms with Gasteiger partial charge in [-0.1, -0.05) is 6.92 Å². The van der Waals surface area contributed by atoms with Crippen LogP contribution in [-0.4, -0.2) is 17.0 Å². The zero-order chi connectivity index (χ0) is 13.5. The molecule has 1 heterocycles. The van der Waals surface area contributed by atoms with Gasteiger partial charge in [-0.3, -0.25) is 9.59 Å². The summed E-state index contributed by atoms with van der Waals surface area (Å²) in [5.41, 5.74) is 6.00. The molecule has 0 aliphatic heterocycles. The lowest BCUT2D eigenvalue weighted by molar-refractivity contribution is -0.119. The van der Waals surface area contributed by atoms with E-state index in [0.717, 1.165) is 12.8 Å². The van der Waals surface area contributed by atoms with Crippen LogP contribution in [0.1, 0.15) is 26.7 Å². The van der Waals surface area contributed by atoms with E-state index in [1.807, 2.05) is 13.8 Å². The number of amides is 1. The molecule has 18 heavy (non-hydrogen) atoms. The summed E-state index contributed by atoms with van der Waals surface area (Å²) in [5.74, 6) is -0.111. The third kappa shape index (κ3) is 4.00. The molecule has 5 nitrogen and oxygen atoms in total. The normalized spacial score (nSPS) is 12.2. The molecule has 0 bridgehead atoms. The van der Waals surface area contributed by atoms with Crippen molar-refractivity contribution in [2.24, 2.45) is 11.7 Å². The number of aryl methyl sites for hydroxylation is 1. The van der Waals surface area contributed by atoms with E-state index in [0.29, 0.717) is 18.8 Å². The van der Waals surface area contributed by atoms with Crippen molar-refractivity contribution in [2.45, 2.75) is 33.2 Å². The number of hydrogen-bond donors (Lipinski definition) is 2. The predicted molar refractivity (Wildman–Crippen MR) is 72.5 cm³/mol. The van der Waals surface area contributed by atoms with Gasteiger partial charge in [0.15, 0.2) is 0 Å². The summed E-state index contributed by atoms with van der Waals surface area (Å²) in [6.07, 6.45) is 3.27. The molecule has 0 radical (unpaired) electrons. The molecule has 0 saturated heterocycles. The van der Waals surface area contributed by atoms with E-state index < -0.39 is 0 Å². The lowest BCUT2D eigenvalue weighted by Gasteiger charge is -2.12. The minimum atomic E-state index is -0.0736. The molecule has 3 N–H and O–H groups in total. The van der Waals surface area contributed by atoms with E-state index in [1.165, 1.54) is 6.07 Å². The van der Waals surface area contributed by atoms with Gasteiger partial charge >= 0.3 is 0 Å². The van der Waals surface area contributed by atoms with Gasteiger partial charge in [0.2, 0.25) is 5.91 Å². The molecule has 1 amide bonds. The number of carbonyl (C=O) groups is 1. The maximum atomic E-state index is 11.9. The number of anilines is 1. The smallest absolute Gasteiger partial charge is 0.250 e. The van der Waals surface area contributed by atoms with Gasteiger partial charge in [0, 0.05) is 24.7 Å². The van der Waals surface area contributed by atoms with Crippen LogP contribution in [0, 0.1) is 5.92 Å². The number of pyridine rings is 1. The first-order valence-electron chi connectivity index (χ1n) is 6.30. The van der Waals surface area contributed by atoms with Gasteiger partial charge in [-0.25, -0.2) is 0 Å². The van der Waals surface area contributed by atoms with Gasteiger partial charge in [0.05, 0.1) is 5.69 Å². The van der Waals surface area contributed by atoms with Gasteiger partial charge in [-0.2, -0.15) is 0 Å². The SMILES string of the molecule is CCn1cc(NC(=O)C(C)CCCN)ccc1=O. The quantitative estimate of drug-likeness (QED) is 0.797. The molecule has 100 valence electrons. The van der Waals surface area contributed by atoms with Crippen molar-refractivity contribution < 1.29 is 4.79 Å². The lowest BCUT2D eigenvalue weighted by atomic mass is 10.0. The van der Waals surface area contributed by atoms with Crippen molar-refractivity contribution in [3.05, 3.63) is 28.7 Å². The second-order valence-corrected chi connectivity index (χ2v) is 4.36. The Labute approximate surface area is 107 Å². The van der Waals surface area contributed by atoms with E-state index in [9.17, 15) is 9.59 Å². The fraction of sp³-hybridized carbons (Fsp3) is 0.538. The molecule has 1 unspecified atom stereocenters. The zero-order valence-electron chi connectivity index (χ0n) is 11.0. The molecule has 1 atom stereocenters. The number of rotatable bonds is 6. The molecule has 0 spiro atoms. The fourth-order valence-corrected chi connectivity index (χ4v) is 1.67. The molecule has 0 fully saturated rings. The largest absolute Gasteiger partial charge is 0.330 e. The van der Waals surface area contributed by atoms with Gasteiger partial charge in [0.25, 0.3) is 5.56 Å². The second-order valence-electron chi connectivity index (χ2n) is 4.36. The molecule has 0 saturated carbocycles. The number of hydrogen-bond acceptors (Lipinski definition) is 3. The van der Waals surface area contributed by atoms with Crippen LogP contribution in [0.4, 0.5) is 5.69 Å². The van der Waals surface area contributed by atoms with Crippen LogP contribution in [0.25, 0.3) is 0 Å². The van der Waals surface area contributed by atoms with Crippen molar-refractivity contribution in [1.29, 1.82) is 0 Å². The number of aromatic nitrogens is 1. The van der Waals surface area contributed by atoms with Crippen molar-refractivity contribution in [3.8, 4) is 0 Å². The standard InChI is InChI=1S/C13H21N3O2/c1-3-16-9-11(6-7-12(16)17)15-13(18)10(2)5-4-8-14/h6-7,9-10H,3-5,8,14H2,1-2H3,(H,15,18). The zero-order valence-corrected chi connectivity index (χ0v) is 11.0. The Kier molecular flexibility index (Phi) is 5.58. The summed E-state index contributed by atoms with van der Waals surface area (Å²) in [6, 6.07) is 3.09. The Balaban J connectivity index is 2.67. The monoisotopic (exact) mass is 251 g/mol. The van der Waals surface area contributed by atoms with E-state index in [-0.39, 0.29) is 17.4 Å². The highest BCUT2D eigenvalue weighted by molar-refractivity contribution is 5.92. The first-order valence-corrected chi connectivity index (χ1v) is 6.30. The molecule has 5 heteroatoms. The topological polar surface area (TPSA) is 77.1 Å². The van der Waals surface area contributed by atoms with Crippen molar-refractivity contribution in [3.63, 3.8) is 0 Å². The first-order chi connectivity index (χ1) is 8.58. The number of nitrogens with two attached hydrogens (primary N) is 1. The summed E-state index contributed by atoms with van der Waals surface area (Å²) in [4.78, 5) is 23.3. The highest BCUT2D eigenvalue weighted by atomic mass is 16.2. The van der Waals surface area contributed by atoms with Crippen LogP contribution in [0.3, 0.4) is 0 Å². The van der Waals surface area contributed by atoms with Gasteiger partial charge in [-0.15, -0.1) is 0 Å². The van der Waals surface area contributed by atoms with E-state index in [2.05, 4.69) is 5.32 Å². The Morgan fingerprint density at radius 3 is 2.83 bits per heavy atom. The maximum absolute atomic E-state index is 11.9. The van der Waals surface area contributed by atoms with Crippen LogP contribution in [-0.2, 0) is 11.3 Å². The van der Waals surface area contributed by atoms with Crippen molar-refractivity contribution >= 4 is 11.6 Å². The molecular formula is C13H21N3O2. The Morgan fingerprint density at radius 2 is 2.22 bits per heavy atom. The molecule has 1 rings (SSSR count). The van der Waals surface area contributed by atoms with Crippen molar-refractivity contribution in [1.82, 2.24) is 4.57 Å². The summed E-state index contributed by atoms with van der Waals surface area (Å²) in [6.45, 7) is 4.95. The number of carbonyl (C=O) groups excluding carboxylic acids is 1. The minimum Gasteiger partial charge on any atom is -0.330 e. The van der Waals surface area contributed by atoms with Crippen molar-refractivity contribution in [2.75, 3.05) is 11.9 Å². The predicted octanol–water partition coefficient (Wildman–Crippen LogP) is 1.18. The van der Waals surface area contributed by atoms with Crippen LogP contribution in [0.15, 0.2) is 23.1 Å². The molecule has 0 aliphatic rings. The number of nitrogens with one attached hydrogen (secondary N) is 1. The third-order valence-electron chi connectivity index (χ3n) is 2.88. The third-order valence-corrected chi connectivity index (χ3v) is 2.88. The lowest BCUT2D eigenvalue weighted by Crippen LogP contribution is -2.23. The summed E-state index contributed by atoms with van der Waals surface area (Å²) >= 11 is 0. The van der Waals surface area contributed by atoms with Gasteiger partial charge < -0.3 is 15.6 Å². The summed E-state index contributed by atoms with van der Waals surface area (Å²) < 4.78 is 1.56. The summed E-state index contributed by atoms with van der Waals surface area (Å²) in [7, 11) is 0. The minimum absolute atomic E-state index is 0.0373.